The molecular weight excluding hydrogens is 196 g/mol. The van der Waals surface area contributed by atoms with Gasteiger partial charge in [0.1, 0.15) is 12.2 Å². The van der Waals surface area contributed by atoms with Crippen molar-refractivity contribution in [3.05, 3.63) is 11.6 Å². The van der Waals surface area contributed by atoms with Gasteiger partial charge in [-0.25, -0.2) is 4.79 Å². The highest BCUT2D eigenvalue weighted by atomic mass is 16.6. The Balaban J connectivity index is 4.13. The molecule has 0 N–H and O–H groups in total. The van der Waals surface area contributed by atoms with Crippen LogP contribution in [0.4, 0.5) is 0 Å². The molecule has 0 amide bonds. The third-order valence-electron chi connectivity index (χ3n) is 1.66. The Hall–Kier alpha value is -1.45. The predicted octanol–water partition coefficient (Wildman–Crippen LogP) is 1.78. The number of carbonyl (C=O) groups is 3. The molecule has 0 radical (unpaired) electrons. The molecule has 0 aromatic carbocycles. The molecule has 4 nitrogen and oxygen atoms in total. The molecule has 0 rings (SSSR count). The molecule has 0 saturated carbocycles. The molecule has 15 heavy (non-hydrogen) atoms. The second-order valence-electron chi connectivity index (χ2n) is 3.32. The third kappa shape index (κ3) is 6.60. The van der Waals surface area contributed by atoms with Gasteiger partial charge in [0.15, 0.2) is 0 Å². The first kappa shape index (κ1) is 13.5. The maximum absolute atomic E-state index is 11.2. The van der Waals surface area contributed by atoms with Gasteiger partial charge < -0.3 is 4.74 Å². The molecule has 0 aliphatic carbocycles. The molecule has 0 aliphatic heterocycles. The van der Waals surface area contributed by atoms with Crippen molar-refractivity contribution in [2.45, 2.75) is 40.0 Å². The van der Waals surface area contributed by atoms with Crippen molar-refractivity contribution in [2.24, 2.45) is 0 Å². The van der Waals surface area contributed by atoms with Gasteiger partial charge in [-0.15, -0.1) is 0 Å². The van der Waals surface area contributed by atoms with Gasteiger partial charge in [-0.1, -0.05) is 19.4 Å². The highest BCUT2D eigenvalue weighted by Crippen LogP contribution is 2.02. The summed E-state index contributed by atoms with van der Waals surface area (Å²) < 4.78 is 4.45. The topological polar surface area (TPSA) is 60.4 Å². The lowest BCUT2D eigenvalue weighted by Gasteiger charge is -2.01. The quantitative estimate of drug-likeness (QED) is 0.396. The van der Waals surface area contributed by atoms with E-state index in [0.29, 0.717) is 5.57 Å². The number of hydrogen-bond donors (Lipinski definition) is 0. The van der Waals surface area contributed by atoms with Crippen molar-refractivity contribution >= 4 is 17.7 Å². The third-order valence-corrected chi connectivity index (χ3v) is 1.66. The first-order valence-electron chi connectivity index (χ1n) is 4.88. The van der Waals surface area contributed by atoms with E-state index in [-0.39, 0.29) is 12.2 Å². The minimum absolute atomic E-state index is 0.317. The summed E-state index contributed by atoms with van der Waals surface area (Å²) in [4.78, 5) is 32.7. The van der Waals surface area contributed by atoms with Gasteiger partial charge in [-0.2, -0.15) is 0 Å². The van der Waals surface area contributed by atoms with Crippen LogP contribution in [-0.4, -0.2) is 17.7 Å². The second kappa shape index (κ2) is 6.92. The van der Waals surface area contributed by atoms with E-state index in [1.54, 1.807) is 13.0 Å². The smallest absolute Gasteiger partial charge is 0.341 e. The largest absolute Gasteiger partial charge is 0.389 e. The van der Waals surface area contributed by atoms with Crippen LogP contribution < -0.4 is 0 Å². The minimum atomic E-state index is -0.795. The molecule has 0 heterocycles. The summed E-state index contributed by atoms with van der Waals surface area (Å²) in [6.45, 7) is 4.83. The average molecular weight is 212 g/mol. The number of ether oxygens (including phenoxy) is 1. The van der Waals surface area contributed by atoms with Gasteiger partial charge in [0.05, 0.1) is 0 Å². The van der Waals surface area contributed by atoms with Crippen LogP contribution >= 0.6 is 0 Å². The van der Waals surface area contributed by atoms with E-state index in [0.717, 1.165) is 12.8 Å². The molecular formula is C11H16O4. The summed E-state index contributed by atoms with van der Waals surface area (Å²) >= 11 is 0. The molecule has 0 aromatic rings. The zero-order valence-corrected chi connectivity index (χ0v) is 9.33. The van der Waals surface area contributed by atoms with Crippen molar-refractivity contribution in [2.75, 3.05) is 0 Å². The van der Waals surface area contributed by atoms with E-state index in [9.17, 15) is 14.4 Å². The standard InChI is InChI=1S/C11H16O4/c1-4-5-6-8(2)11(14)15-10(13)7-9(3)12/h6H,4-5,7H2,1-3H3/b8-6+. The van der Waals surface area contributed by atoms with Crippen molar-refractivity contribution in [3.8, 4) is 0 Å². The number of hydrogen-bond acceptors (Lipinski definition) is 4. The maximum atomic E-state index is 11.2. The van der Waals surface area contributed by atoms with Crippen molar-refractivity contribution in [3.63, 3.8) is 0 Å². The number of esters is 2. The van der Waals surface area contributed by atoms with E-state index in [2.05, 4.69) is 4.74 Å². The fraction of sp³-hybridized carbons (Fsp3) is 0.545. The Labute approximate surface area is 89.3 Å². The number of Topliss-reactive ketones (excluding diaryl/α,β-unsaturated/α-hetero) is 1. The van der Waals surface area contributed by atoms with Gasteiger partial charge in [0, 0.05) is 5.57 Å². The molecule has 0 spiro atoms. The van der Waals surface area contributed by atoms with Crippen molar-refractivity contribution < 1.29 is 19.1 Å². The van der Waals surface area contributed by atoms with E-state index in [1.807, 2.05) is 6.92 Å². The van der Waals surface area contributed by atoms with Crippen molar-refractivity contribution in [1.29, 1.82) is 0 Å². The summed E-state index contributed by atoms with van der Waals surface area (Å²) in [6, 6.07) is 0. The zero-order valence-electron chi connectivity index (χ0n) is 9.33. The fourth-order valence-electron chi connectivity index (χ4n) is 0.867. The lowest BCUT2D eigenvalue weighted by Crippen LogP contribution is -2.15. The first-order valence-corrected chi connectivity index (χ1v) is 4.88. The Bertz CT molecular complexity index is 289. The van der Waals surface area contributed by atoms with Gasteiger partial charge in [0.25, 0.3) is 0 Å². The molecule has 84 valence electrons. The molecule has 0 aliphatic rings. The Morgan fingerprint density at radius 2 is 1.80 bits per heavy atom. The monoisotopic (exact) mass is 212 g/mol. The highest BCUT2D eigenvalue weighted by molar-refractivity contribution is 6.01. The minimum Gasteiger partial charge on any atom is -0.389 e. The number of ketones is 1. The lowest BCUT2D eigenvalue weighted by atomic mass is 10.2. The predicted molar refractivity (Wildman–Crippen MR) is 55.1 cm³/mol. The molecule has 4 heteroatoms. The van der Waals surface area contributed by atoms with Crippen LogP contribution in [0.5, 0.6) is 0 Å². The summed E-state index contributed by atoms with van der Waals surface area (Å²) in [5.74, 6) is -1.78. The SMILES string of the molecule is CCC/C=C(\C)C(=O)OC(=O)CC(C)=O. The molecule has 0 fully saturated rings. The van der Waals surface area contributed by atoms with Crippen LogP contribution in [0, 0.1) is 0 Å². The summed E-state index contributed by atoms with van der Waals surface area (Å²) in [5, 5.41) is 0. The lowest BCUT2D eigenvalue weighted by molar-refractivity contribution is -0.157. The molecule has 0 unspecified atom stereocenters. The van der Waals surface area contributed by atoms with Gasteiger partial charge in [-0.3, -0.25) is 9.59 Å². The number of rotatable bonds is 5. The summed E-state index contributed by atoms with van der Waals surface area (Å²) in [6.07, 6.45) is 3.05. The Morgan fingerprint density at radius 3 is 2.27 bits per heavy atom. The van der Waals surface area contributed by atoms with Gasteiger partial charge >= 0.3 is 11.9 Å². The van der Waals surface area contributed by atoms with Crippen molar-refractivity contribution in [1.82, 2.24) is 0 Å². The van der Waals surface area contributed by atoms with Gasteiger partial charge in [0.2, 0.25) is 0 Å². The number of unbranched alkanes of at least 4 members (excludes halogenated alkanes) is 1. The van der Waals surface area contributed by atoms with E-state index in [4.69, 9.17) is 0 Å². The summed E-state index contributed by atoms with van der Waals surface area (Å²) in [7, 11) is 0. The molecule has 0 saturated heterocycles. The van der Waals surface area contributed by atoms with E-state index in [1.165, 1.54) is 6.92 Å². The summed E-state index contributed by atoms with van der Waals surface area (Å²) in [5.41, 5.74) is 0.397. The zero-order chi connectivity index (χ0) is 11.8. The first-order chi connectivity index (χ1) is 6.97. The number of allylic oxidation sites excluding steroid dienone is 1. The maximum Gasteiger partial charge on any atom is 0.341 e. The van der Waals surface area contributed by atoms with Crippen LogP contribution in [0.3, 0.4) is 0 Å². The van der Waals surface area contributed by atoms with Crippen LogP contribution in [0.2, 0.25) is 0 Å². The van der Waals surface area contributed by atoms with Gasteiger partial charge in [-0.05, 0) is 20.3 Å². The van der Waals surface area contributed by atoms with Crippen LogP contribution in [0.1, 0.15) is 40.0 Å². The second-order valence-corrected chi connectivity index (χ2v) is 3.32. The Kier molecular flexibility index (Phi) is 6.25. The molecule has 0 bridgehead atoms. The van der Waals surface area contributed by atoms with Crippen LogP contribution in [0.15, 0.2) is 11.6 Å². The van der Waals surface area contributed by atoms with Crippen LogP contribution in [0.25, 0.3) is 0 Å². The molecule has 0 aromatic heterocycles. The highest BCUT2D eigenvalue weighted by Gasteiger charge is 2.13. The van der Waals surface area contributed by atoms with E-state index < -0.39 is 11.9 Å². The molecule has 0 atom stereocenters. The van der Waals surface area contributed by atoms with Crippen LogP contribution in [-0.2, 0) is 19.1 Å². The normalized spacial score (nSPS) is 11.0. The fourth-order valence-corrected chi connectivity index (χ4v) is 0.867. The Morgan fingerprint density at radius 1 is 1.20 bits per heavy atom. The van der Waals surface area contributed by atoms with E-state index >= 15 is 0 Å². The number of carbonyl (C=O) groups excluding carboxylic acids is 3. The average Bonchev–Trinajstić information content (AvgIpc) is 2.12.